The summed E-state index contributed by atoms with van der Waals surface area (Å²) in [5.74, 6) is 0.797. The fourth-order valence-electron chi connectivity index (χ4n) is 1.61. The molecule has 1 rings (SSSR count). The first-order valence-corrected chi connectivity index (χ1v) is 7.16. The van der Waals surface area contributed by atoms with E-state index in [1.807, 2.05) is 0 Å². The molecule has 0 amide bonds. The molecule has 7 heteroatoms. The number of ether oxygens (including phenoxy) is 3. The van der Waals surface area contributed by atoms with Gasteiger partial charge in [0, 0.05) is 18.2 Å². The summed E-state index contributed by atoms with van der Waals surface area (Å²) in [4.78, 5) is -0.0352. The van der Waals surface area contributed by atoms with Crippen LogP contribution < -0.4 is 18.9 Å². The highest BCUT2D eigenvalue weighted by atomic mass is 32.2. The van der Waals surface area contributed by atoms with E-state index in [9.17, 15) is 8.42 Å². The van der Waals surface area contributed by atoms with Crippen LogP contribution in [-0.4, -0.2) is 35.8 Å². The van der Waals surface area contributed by atoms with Crippen molar-refractivity contribution in [2.75, 3.05) is 21.3 Å². The Morgan fingerprint density at radius 2 is 1.47 bits per heavy atom. The van der Waals surface area contributed by atoms with E-state index in [0.717, 1.165) is 0 Å². The fourth-order valence-corrected chi connectivity index (χ4v) is 3.16. The van der Waals surface area contributed by atoms with Gasteiger partial charge in [0.2, 0.25) is 10.0 Å². The van der Waals surface area contributed by atoms with Crippen molar-refractivity contribution in [3.05, 3.63) is 12.1 Å². The van der Waals surface area contributed by atoms with Crippen molar-refractivity contribution < 1.29 is 22.6 Å². The Hall–Kier alpha value is -1.47. The Bertz CT molecular complexity index is 514. The van der Waals surface area contributed by atoms with E-state index in [-0.39, 0.29) is 22.4 Å². The van der Waals surface area contributed by atoms with Crippen LogP contribution in [0.2, 0.25) is 0 Å². The molecule has 0 saturated carbocycles. The highest BCUT2D eigenvalue weighted by molar-refractivity contribution is 7.89. The summed E-state index contributed by atoms with van der Waals surface area (Å²) in [5, 5.41) is 0. The van der Waals surface area contributed by atoms with E-state index >= 15 is 0 Å². The van der Waals surface area contributed by atoms with Crippen LogP contribution in [0.4, 0.5) is 0 Å². The monoisotopic (exact) mass is 289 g/mol. The first-order valence-electron chi connectivity index (χ1n) is 5.68. The highest BCUT2D eigenvalue weighted by Crippen LogP contribution is 2.37. The molecule has 0 aliphatic heterocycles. The molecule has 0 aliphatic carbocycles. The number of nitrogens with one attached hydrogen (secondary N) is 1. The zero-order chi connectivity index (χ0) is 14.6. The average molecular weight is 289 g/mol. The van der Waals surface area contributed by atoms with Gasteiger partial charge in [-0.1, -0.05) is 0 Å². The van der Waals surface area contributed by atoms with Crippen LogP contribution in [0.25, 0.3) is 0 Å². The van der Waals surface area contributed by atoms with Crippen LogP contribution >= 0.6 is 0 Å². The predicted molar refractivity (Wildman–Crippen MR) is 71.6 cm³/mol. The zero-order valence-electron chi connectivity index (χ0n) is 11.7. The number of hydrogen-bond donors (Lipinski definition) is 1. The second kappa shape index (κ2) is 6.12. The van der Waals surface area contributed by atoms with Crippen molar-refractivity contribution in [3.63, 3.8) is 0 Å². The predicted octanol–water partition coefficient (Wildman–Crippen LogP) is 1.40. The molecule has 19 heavy (non-hydrogen) atoms. The molecule has 0 heterocycles. The lowest BCUT2D eigenvalue weighted by Crippen LogP contribution is -2.30. The van der Waals surface area contributed by atoms with Crippen LogP contribution in [0.5, 0.6) is 17.2 Å². The van der Waals surface area contributed by atoms with Crippen LogP contribution in [0, 0.1) is 0 Å². The quantitative estimate of drug-likeness (QED) is 0.857. The van der Waals surface area contributed by atoms with Gasteiger partial charge in [-0.15, -0.1) is 0 Å². The molecule has 0 unspecified atom stereocenters. The molecule has 0 saturated heterocycles. The Kier molecular flexibility index (Phi) is 5.02. The summed E-state index contributed by atoms with van der Waals surface area (Å²) in [6, 6.07) is 2.76. The smallest absolute Gasteiger partial charge is 0.248 e. The van der Waals surface area contributed by atoms with Crippen molar-refractivity contribution in [2.45, 2.75) is 24.8 Å². The van der Waals surface area contributed by atoms with Crippen molar-refractivity contribution in [3.8, 4) is 17.2 Å². The van der Waals surface area contributed by atoms with Gasteiger partial charge in [-0.2, -0.15) is 0 Å². The van der Waals surface area contributed by atoms with Gasteiger partial charge >= 0.3 is 0 Å². The fraction of sp³-hybridized carbons (Fsp3) is 0.500. The molecule has 6 nitrogen and oxygen atoms in total. The lowest BCUT2D eigenvalue weighted by atomic mass is 10.3. The third-order valence-electron chi connectivity index (χ3n) is 2.33. The summed E-state index contributed by atoms with van der Waals surface area (Å²) < 4.78 is 42.4. The second-order valence-electron chi connectivity index (χ2n) is 4.14. The van der Waals surface area contributed by atoms with Gasteiger partial charge in [0.1, 0.15) is 17.2 Å². The molecule has 0 fully saturated rings. The van der Waals surface area contributed by atoms with E-state index in [2.05, 4.69) is 4.72 Å². The normalized spacial score (nSPS) is 11.5. The maximum Gasteiger partial charge on any atom is 0.248 e. The van der Waals surface area contributed by atoms with Gasteiger partial charge in [0.15, 0.2) is 4.90 Å². The summed E-state index contributed by atoms with van der Waals surface area (Å²) in [6.45, 7) is 3.47. The Morgan fingerprint density at radius 3 is 1.79 bits per heavy atom. The molecule has 0 atom stereocenters. The Morgan fingerprint density at radius 1 is 1.00 bits per heavy atom. The lowest BCUT2D eigenvalue weighted by Gasteiger charge is -2.16. The minimum Gasteiger partial charge on any atom is -0.496 e. The molecule has 1 aromatic carbocycles. The summed E-state index contributed by atoms with van der Waals surface area (Å²) in [6.07, 6.45) is 0. The van der Waals surface area contributed by atoms with Crippen LogP contribution in [0.3, 0.4) is 0 Å². The van der Waals surface area contributed by atoms with Gasteiger partial charge in [-0.05, 0) is 13.8 Å². The van der Waals surface area contributed by atoms with E-state index in [1.165, 1.54) is 33.5 Å². The maximum absolute atomic E-state index is 12.3. The van der Waals surface area contributed by atoms with Crippen molar-refractivity contribution in [1.29, 1.82) is 0 Å². The lowest BCUT2D eigenvalue weighted by molar-refractivity contribution is 0.358. The minimum absolute atomic E-state index is 0.0352. The van der Waals surface area contributed by atoms with Crippen molar-refractivity contribution in [2.24, 2.45) is 0 Å². The van der Waals surface area contributed by atoms with Crippen LogP contribution in [0.1, 0.15) is 13.8 Å². The van der Waals surface area contributed by atoms with Gasteiger partial charge in [0.25, 0.3) is 0 Å². The molecule has 1 N–H and O–H groups in total. The van der Waals surface area contributed by atoms with Crippen molar-refractivity contribution >= 4 is 10.0 Å². The molecule has 108 valence electrons. The number of methoxy groups -OCH3 is 3. The molecule has 0 aliphatic rings. The number of benzene rings is 1. The largest absolute Gasteiger partial charge is 0.496 e. The standard InChI is InChI=1S/C12H19NO5S/c1-8(2)13-19(14,15)12-10(17-4)6-9(16-3)7-11(12)18-5/h6-8,13H,1-5H3. The van der Waals surface area contributed by atoms with Crippen LogP contribution in [-0.2, 0) is 10.0 Å². The topological polar surface area (TPSA) is 73.9 Å². The van der Waals surface area contributed by atoms with E-state index < -0.39 is 10.0 Å². The highest BCUT2D eigenvalue weighted by Gasteiger charge is 2.26. The Labute approximate surface area is 113 Å². The molecule has 1 aromatic rings. The third kappa shape index (κ3) is 3.51. The van der Waals surface area contributed by atoms with Crippen molar-refractivity contribution in [1.82, 2.24) is 4.72 Å². The Balaban J connectivity index is 3.48. The average Bonchev–Trinajstić information content (AvgIpc) is 2.35. The SMILES string of the molecule is COc1cc(OC)c(S(=O)(=O)NC(C)C)c(OC)c1. The summed E-state index contributed by atoms with van der Waals surface area (Å²) in [7, 11) is 0.538. The maximum atomic E-state index is 12.3. The summed E-state index contributed by atoms with van der Waals surface area (Å²) >= 11 is 0. The molecule has 0 aromatic heterocycles. The van der Waals surface area contributed by atoms with Crippen LogP contribution in [0.15, 0.2) is 17.0 Å². The minimum atomic E-state index is -3.73. The first kappa shape index (κ1) is 15.6. The van der Waals surface area contributed by atoms with E-state index in [4.69, 9.17) is 14.2 Å². The number of hydrogen-bond acceptors (Lipinski definition) is 5. The number of sulfonamides is 1. The first-order chi connectivity index (χ1) is 8.85. The molecular weight excluding hydrogens is 270 g/mol. The van der Waals surface area contributed by atoms with E-state index in [1.54, 1.807) is 13.8 Å². The zero-order valence-corrected chi connectivity index (χ0v) is 12.5. The molecule has 0 spiro atoms. The molecular formula is C12H19NO5S. The van der Waals surface area contributed by atoms with Gasteiger partial charge in [0.05, 0.1) is 21.3 Å². The molecule has 0 radical (unpaired) electrons. The van der Waals surface area contributed by atoms with Gasteiger partial charge in [-0.25, -0.2) is 13.1 Å². The molecule has 0 bridgehead atoms. The second-order valence-corrected chi connectivity index (χ2v) is 5.79. The van der Waals surface area contributed by atoms with Gasteiger partial charge in [-0.3, -0.25) is 0 Å². The third-order valence-corrected chi connectivity index (χ3v) is 4.05. The van der Waals surface area contributed by atoms with Gasteiger partial charge < -0.3 is 14.2 Å². The summed E-state index contributed by atoms with van der Waals surface area (Å²) in [5.41, 5.74) is 0. The number of rotatable bonds is 6. The van der Waals surface area contributed by atoms with E-state index in [0.29, 0.717) is 5.75 Å².